The van der Waals surface area contributed by atoms with Gasteiger partial charge in [-0.2, -0.15) is 0 Å². The summed E-state index contributed by atoms with van der Waals surface area (Å²) >= 11 is 0. The predicted molar refractivity (Wildman–Crippen MR) is 45.8 cm³/mol. The zero-order chi connectivity index (χ0) is 8.74. The van der Waals surface area contributed by atoms with Crippen LogP contribution in [0.4, 0.5) is 0 Å². The topological polar surface area (TPSA) is 72.2 Å². The van der Waals surface area contributed by atoms with Crippen molar-refractivity contribution in [2.45, 2.75) is 19.8 Å². The van der Waals surface area contributed by atoms with Crippen molar-refractivity contribution in [3.8, 4) is 0 Å². The van der Waals surface area contributed by atoms with E-state index < -0.39 is 10.0 Å². The minimum absolute atomic E-state index is 0.206. The van der Waals surface area contributed by atoms with Gasteiger partial charge in [0.25, 0.3) is 0 Å². The van der Waals surface area contributed by atoms with Gasteiger partial charge < -0.3 is 5.73 Å². The molecule has 0 rings (SSSR count). The molecule has 0 unspecified atom stereocenters. The summed E-state index contributed by atoms with van der Waals surface area (Å²) in [5.41, 5.74) is 5.20. The Labute approximate surface area is 68.2 Å². The first-order valence-electron chi connectivity index (χ1n) is 3.80. The largest absolute Gasteiger partial charge is 0.330 e. The van der Waals surface area contributed by atoms with Crippen LogP contribution < -0.4 is 10.5 Å². The van der Waals surface area contributed by atoms with Gasteiger partial charge in [-0.05, 0) is 19.4 Å². The molecule has 11 heavy (non-hydrogen) atoms. The molecule has 0 aliphatic heterocycles. The van der Waals surface area contributed by atoms with Crippen molar-refractivity contribution < 1.29 is 8.42 Å². The number of nitrogens with one attached hydrogen (secondary N) is 1. The van der Waals surface area contributed by atoms with Crippen LogP contribution in [-0.4, -0.2) is 27.3 Å². The molecule has 0 aliphatic rings. The highest BCUT2D eigenvalue weighted by Gasteiger charge is 2.05. The van der Waals surface area contributed by atoms with Gasteiger partial charge in [-0.25, -0.2) is 13.1 Å². The Morgan fingerprint density at radius 2 is 2.09 bits per heavy atom. The van der Waals surface area contributed by atoms with Gasteiger partial charge in [-0.1, -0.05) is 6.92 Å². The molecule has 0 radical (unpaired) electrons. The average Bonchev–Trinajstić information content (AvgIpc) is 1.87. The lowest BCUT2D eigenvalue weighted by Gasteiger charge is -2.02. The van der Waals surface area contributed by atoms with E-state index in [4.69, 9.17) is 5.73 Å². The van der Waals surface area contributed by atoms with Crippen LogP contribution in [0.5, 0.6) is 0 Å². The monoisotopic (exact) mass is 180 g/mol. The number of hydrogen-bond acceptors (Lipinski definition) is 3. The third-order valence-corrected chi connectivity index (χ3v) is 2.77. The number of nitrogens with two attached hydrogens (primary N) is 1. The Hall–Kier alpha value is -0.130. The van der Waals surface area contributed by atoms with Crippen molar-refractivity contribution in [2.24, 2.45) is 5.73 Å². The molecule has 0 saturated heterocycles. The summed E-state index contributed by atoms with van der Waals surface area (Å²) in [5.74, 6) is 0.206. The van der Waals surface area contributed by atoms with E-state index in [2.05, 4.69) is 4.72 Å². The molecular formula is C6H16N2O2S. The molecule has 68 valence electrons. The molecule has 0 aromatic rings. The molecule has 0 bridgehead atoms. The lowest BCUT2D eigenvalue weighted by Crippen LogP contribution is -2.28. The van der Waals surface area contributed by atoms with Crippen LogP contribution in [0.3, 0.4) is 0 Å². The fraction of sp³-hybridized carbons (Fsp3) is 1.00. The molecular weight excluding hydrogens is 164 g/mol. The van der Waals surface area contributed by atoms with Gasteiger partial charge in [0.2, 0.25) is 10.0 Å². The highest BCUT2D eigenvalue weighted by molar-refractivity contribution is 7.89. The van der Waals surface area contributed by atoms with Gasteiger partial charge in [0.05, 0.1) is 5.75 Å². The second-order valence-electron chi connectivity index (χ2n) is 2.36. The maximum Gasteiger partial charge on any atom is 0.211 e. The van der Waals surface area contributed by atoms with E-state index in [0.717, 1.165) is 0 Å². The van der Waals surface area contributed by atoms with E-state index in [1.807, 2.05) is 6.92 Å². The molecule has 0 heterocycles. The van der Waals surface area contributed by atoms with Crippen molar-refractivity contribution >= 4 is 10.0 Å². The van der Waals surface area contributed by atoms with E-state index in [-0.39, 0.29) is 5.75 Å². The van der Waals surface area contributed by atoms with Gasteiger partial charge in [0.15, 0.2) is 0 Å². The van der Waals surface area contributed by atoms with Crippen LogP contribution in [0, 0.1) is 0 Å². The Morgan fingerprint density at radius 1 is 1.45 bits per heavy atom. The summed E-state index contributed by atoms with van der Waals surface area (Å²) < 4.78 is 24.4. The Balaban J connectivity index is 3.56. The summed E-state index contributed by atoms with van der Waals surface area (Å²) in [6.07, 6.45) is 1.35. The fourth-order valence-electron chi connectivity index (χ4n) is 0.671. The molecule has 0 spiro atoms. The Morgan fingerprint density at radius 3 is 2.55 bits per heavy atom. The number of hydrogen-bond donors (Lipinski definition) is 2. The van der Waals surface area contributed by atoms with E-state index in [1.165, 1.54) is 0 Å². The predicted octanol–water partition coefficient (Wildman–Crippen LogP) is -0.335. The minimum atomic E-state index is -3.01. The Kier molecular flexibility index (Phi) is 5.45. The van der Waals surface area contributed by atoms with E-state index >= 15 is 0 Å². The van der Waals surface area contributed by atoms with Crippen molar-refractivity contribution in [3.05, 3.63) is 0 Å². The maximum absolute atomic E-state index is 11.0. The maximum atomic E-state index is 11.0. The fourth-order valence-corrected chi connectivity index (χ4v) is 1.81. The lowest BCUT2D eigenvalue weighted by atomic mass is 10.4. The average molecular weight is 180 g/mol. The number of sulfonamides is 1. The van der Waals surface area contributed by atoms with E-state index in [9.17, 15) is 8.42 Å². The molecule has 0 aromatic heterocycles. The van der Waals surface area contributed by atoms with Crippen molar-refractivity contribution in [1.82, 2.24) is 4.72 Å². The third-order valence-electron chi connectivity index (χ3n) is 1.18. The van der Waals surface area contributed by atoms with Crippen LogP contribution in [0.1, 0.15) is 19.8 Å². The van der Waals surface area contributed by atoms with Crippen molar-refractivity contribution in [3.63, 3.8) is 0 Å². The minimum Gasteiger partial charge on any atom is -0.330 e. The van der Waals surface area contributed by atoms with Gasteiger partial charge in [-0.3, -0.25) is 0 Å². The highest BCUT2D eigenvalue weighted by Crippen LogP contribution is 1.87. The van der Waals surface area contributed by atoms with Crippen LogP contribution in [0.15, 0.2) is 0 Å². The van der Waals surface area contributed by atoms with Gasteiger partial charge in [0.1, 0.15) is 0 Å². The summed E-state index contributed by atoms with van der Waals surface area (Å²) in [6.45, 7) is 2.82. The molecule has 0 fully saturated rings. The lowest BCUT2D eigenvalue weighted by molar-refractivity contribution is 0.578. The SMILES string of the molecule is CCCS(=O)(=O)NCCCN. The molecule has 0 amide bonds. The van der Waals surface area contributed by atoms with Crippen LogP contribution >= 0.6 is 0 Å². The van der Waals surface area contributed by atoms with E-state index in [0.29, 0.717) is 25.9 Å². The zero-order valence-corrected chi connectivity index (χ0v) is 7.65. The molecule has 5 heteroatoms. The van der Waals surface area contributed by atoms with Crippen molar-refractivity contribution in [2.75, 3.05) is 18.8 Å². The normalized spacial score (nSPS) is 11.8. The molecule has 0 aliphatic carbocycles. The Bertz CT molecular complexity index is 177. The quantitative estimate of drug-likeness (QED) is 0.549. The number of rotatable bonds is 6. The van der Waals surface area contributed by atoms with Crippen LogP contribution in [0.25, 0.3) is 0 Å². The van der Waals surface area contributed by atoms with Crippen molar-refractivity contribution in [1.29, 1.82) is 0 Å². The van der Waals surface area contributed by atoms with Gasteiger partial charge >= 0.3 is 0 Å². The summed E-state index contributed by atoms with van der Waals surface area (Å²) in [6, 6.07) is 0. The summed E-state index contributed by atoms with van der Waals surface area (Å²) in [5, 5.41) is 0. The standard InChI is InChI=1S/C6H16N2O2S/c1-2-6-11(9,10)8-5-3-4-7/h8H,2-7H2,1H3. The molecule has 3 N–H and O–H groups in total. The van der Waals surface area contributed by atoms with Gasteiger partial charge in [0, 0.05) is 6.54 Å². The molecule has 0 saturated carbocycles. The van der Waals surface area contributed by atoms with Crippen LogP contribution in [0.2, 0.25) is 0 Å². The van der Waals surface area contributed by atoms with Gasteiger partial charge in [-0.15, -0.1) is 0 Å². The molecule has 4 nitrogen and oxygen atoms in total. The summed E-state index contributed by atoms with van der Waals surface area (Å²) in [4.78, 5) is 0. The smallest absolute Gasteiger partial charge is 0.211 e. The first-order chi connectivity index (χ1) is 5.12. The first kappa shape index (κ1) is 10.9. The summed E-state index contributed by atoms with van der Waals surface area (Å²) in [7, 11) is -3.01. The molecule has 0 aromatic carbocycles. The second-order valence-corrected chi connectivity index (χ2v) is 4.28. The highest BCUT2D eigenvalue weighted by atomic mass is 32.2. The zero-order valence-electron chi connectivity index (χ0n) is 6.84. The third kappa shape index (κ3) is 6.28. The van der Waals surface area contributed by atoms with E-state index in [1.54, 1.807) is 0 Å². The van der Waals surface area contributed by atoms with Crippen LogP contribution in [-0.2, 0) is 10.0 Å². The second kappa shape index (κ2) is 5.51. The first-order valence-corrected chi connectivity index (χ1v) is 5.45. The molecule has 0 atom stereocenters.